The van der Waals surface area contributed by atoms with E-state index in [2.05, 4.69) is 15.9 Å². The Balaban J connectivity index is 1.90. The summed E-state index contributed by atoms with van der Waals surface area (Å²) in [4.78, 5) is 10.7. The number of halogens is 1. The van der Waals surface area contributed by atoms with E-state index in [0.717, 1.165) is 23.1 Å². The van der Waals surface area contributed by atoms with Gasteiger partial charge in [0.15, 0.2) is 0 Å². The molecule has 2 rings (SSSR count). The van der Waals surface area contributed by atoms with Gasteiger partial charge in [-0.25, -0.2) is 0 Å². The van der Waals surface area contributed by atoms with Crippen LogP contribution >= 0.6 is 15.9 Å². The predicted molar refractivity (Wildman–Crippen MR) is 76.2 cm³/mol. The summed E-state index contributed by atoms with van der Waals surface area (Å²) in [7, 11) is 0. The molecule has 0 aromatic heterocycles. The third-order valence-corrected chi connectivity index (χ3v) is 4.16. The molecule has 0 spiro atoms. The van der Waals surface area contributed by atoms with Crippen molar-refractivity contribution in [1.82, 2.24) is 0 Å². The van der Waals surface area contributed by atoms with Gasteiger partial charge in [0.25, 0.3) is 0 Å². The van der Waals surface area contributed by atoms with Crippen LogP contribution in [0.15, 0.2) is 22.7 Å². The molecule has 0 heterocycles. The van der Waals surface area contributed by atoms with Gasteiger partial charge in [0, 0.05) is 5.56 Å². The van der Waals surface area contributed by atoms with Crippen LogP contribution in [0, 0.1) is 5.92 Å². The molecule has 0 amide bonds. The zero-order chi connectivity index (χ0) is 12.8. The van der Waals surface area contributed by atoms with Crippen LogP contribution < -0.4 is 4.74 Å². The standard InChI is InChI=1S/C15H19BrO2/c16-14-9-13(10-17)7-8-15(14)18-11-12-5-3-1-2-4-6-12/h7-10,12H,1-6,11H2. The van der Waals surface area contributed by atoms with Gasteiger partial charge in [-0.1, -0.05) is 25.7 Å². The maximum Gasteiger partial charge on any atom is 0.150 e. The van der Waals surface area contributed by atoms with E-state index in [1.54, 1.807) is 12.1 Å². The Labute approximate surface area is 117 Å². The summed E-state index contributed by atoms with van der Waals surface area (Å²) in [5, 5.41) is 0. The number of benzene rings is 1. The van der Waals surface area contributed by atoms with E-state index < -0.39 is 0 Å². The van der Waals surface area contributed by atoms with E-state index in [9.17, 15) is 4.79 Å². The van der Waals surface area contributed by atoms with Crippen LogP contribution in [-0.2, 0) is 0 Å². The fraction of sp³-hybridized carbons (Fsp3) is 0.533. The van der Waals surface area contributed by atoms with Gasteiger partial charge in [-0.3, -0.25) is 4.79 Å². The molecule has 0 saturated heterocycles. The largest absolute Gasteiger partial charge is 0.492 e. The SMILES string of the molecule is O=Cc1ccc(OCC2CCCCCC2)c(Br)c1. The molecule has 3 heteroatoms. The molecule has 1 saturated carbocycles. The lowest BCUT2D eigenvalue weighted by Gasteiger charge is -2.16. The van der Waals surface area contributed by atoms with Gasteiger partial charge in [-0.05, 0) is 52.9 Å². The average molecular weight is 311 g/mol. The Morgan fingerprint density at radius 1 is 1.22 bits per heavy atom. The lowest BCUT2D eigenvalue weighted by atomic mass is 10.0. The number of hydrogen-bond donors (Lipinski definition) is 0. The topological polar surface area (TPSA) is 26.3 Å². The highest BCUT2D eigenvalue weighted by atomic mass is 79.9. The maximum atomic E-state index is 10.7. The van der Waals surface area contributed by atoms with Crippen molar-refractivity contribution in [1.29, 1.82) is 0 Å². The second-order valence-corrected chi connectivity index (χ2v) is 5.83. The normalized spacial score (nSPS) is 17.2. The molecule has 1 aliphatic rings. The van der Waals surface area contributed by atoms with Crippen molar-refractivity contribution >= 4 is 22.2 Å². The van der Waals surface area contributed by atoms with Crippen LogP contribution in [0.4, 0.5) is 0 Å². The second-order valence-electron chi connectivity index (χ2n) is 4.98. The van der Waals surface area contributed by atoms with Crippen molar-refractivity contribution in [3.05, 3.63) is 28.2 Å². The summed E-state index contributed by atoms with van der Waals surface area (Å²) >= 11 is 3.44. The van der Waals surface area contributed by atoms with Crippen LogP contribution in [0.5, 0.6) is 5.75 Å². The van der Waals surface area contributed by atoms with Gasteiger partial charge in [0.05, 0.1) is 11.1 Å². The minimum Gasteiger partial charge on any atom is -0.492 e. The molecule has 98 valence electrons. The zero-order valence-electron chi connectivity index (χ0n) is 10.5. The van der Waals surface area contributed by atoms with Crippen molar-refractivity contribution in [2.45, 2.75) is 38.5 Å². The quantitative estimate of drug-likeness (QED) is 0.599. The first-order valence-electron chi connectivity index (χ1n) is 6.67. The van der Waals surface area contributed by atoms with Gasteiger partial charge < -0.3 is 4.74 Å². The molecule has 18 heavy (non-hydrogen) atoms. The van der Waals surface area contributed by atoms with Crippen LogP contribution in [0.3, 0.4) is 0 Å². The van der Waals surface area contributed by atoms with Gasteiger partial charge >= 0.3 is 0 Å². The van der Waals surface area contributed by atoms with Crippen molar-refractivity contribution in [2.24, 2.45) is 5.92 Å². The highest BCUT2D eigenvalue weighted by Crippen LogP contribution is 2.28. The van der Waals surface area contributed by atoms with Crippen LogP contribution in [0.25, 0.3) is 0 Å². The van der Waals surface area contributed by atoms with Crippen LogP contribution in [0.1, 0.15) is 48.9 Å². The van der Waals surface area contributed by atoms with Crippen molar-refractivity contribution in [2.75, 3.05) is 6.61 Å². The maximum absolute atomic E-state index is 10.7. The molecule has 1 aromatic rings. The number of hydrogen-bond acceptors (Lipinski definition) is 2. The number of aldehydes is 1. The highest BCUT2D eigenvalue weighted by molar-refractivity contribution is 9.10. The molecule has 0 aliphatic heterocycles. The summed E-state index contributed by atoms with van der Waals surface area (Å²) in [6, 6.07) is 5.46. The van der Waals surface area contributed by atoms with Gasteiger partial charge in [0.1, 0.15) is 12.0 Å². The molecule has 0 radical (unpaired) electrons. The molecule has 2 nitrogen and oxygen atoms in total. The third-order valence-electron chi connectivity index (χ3n) is 3.54. The van der Waals surface area contributed by atoms with Crippen LogP contribution in [-0.4, -0.2) is 12.9 Å². The van der Waals surface area contributed by atoms with Gasteiger partial charge in [0.2, 0.25) is 0 Å². The number of carbonyl (C=O) groups excluding carboxylic acids is 1. The first kappa shape index (κ1) is 13.6. The van der Waals surface area contributed by atoms with Crippen molar-refractivity contribution < 1.29 is 9.53 Å². The molecular formula is C15H19BrO2. The first-order chi connectivity index (χ1) is 8.79. The third kappa shape index (κ3) is 3.84. The smallest absolute Gasteiger partial charge is 0.150 e. The summed E-state index contributed by atoms with van der Waals surface area (Å²) in [5.41, 5.74) is 0.670. The van der Waals surface area contributed by atoms with E-state index in [1.807, 2.05) is 6.07 Å². The molecular weight excluding hydrogens is 292 g/mol. The lowest BCUT2D eigenvalue weighted by Crippen LogP contribution is -2.11. The zero-order valence-corrected chi connectivity index (χ0v) is 12.1. The Hall–Kier alpha value is -0.830. The number of ether oxygens (including phenoxy) is 1. The number of rotatable bonds is 4. The van der Waals surface area contributed by atoms with Crippen molar-refractivity contribution in [3.8, 4) is 5.75 Å². The molecule has 1 aliphatic carbocycles. The van der Waals surface area contributed by atoms with E-state index >= 15 is 0 Å². The fourth-order valence-corrected chi connectivity index (χ4v) is 2.96. The van der Waals surface area contributed by atoms with E-state index in [-0.39, 0.29) is 0 Å². The average Bonchev–Trinajstić information content (AvgIpc) is 2.66. The minimum atomic E-state index is 0.670. The summed E-state index contributed by atoms with van der Waals surface area (Å²) in [6.45, 7) is 0.791. The fourth-order valence-electron chi connectivity index (χ4n) is 2.45. The number of carbonyl (C=O) groups is 1. The lowest BCUT2D eigenvalue weighted by molar-refractivity contribution is 0.112. The minimum absolute atomic E-state index is 0.670. The monoisotopic (exact) mass is 310 g/mol. The molecule has 0 bridgehead atoms. The summed E-state index contributed by atoms with van der Waals surface area (Å²) in [6.07, 6.45) is 8.81. The molecule has 1 fully saturated rings. The Morgan fingerprint density at radius 3 is 2.56 bits per heavy atom. The van der Waals surface area contributed by atoms with Crippen molar-refractivity contribution in [3.63, 3.8) is 0 Å². The Morgan fingerprint density at radius 2 is 1.94 bits per heavy atom. The first-order valence-corrected chi connectivity index (χ1v) is 7.46. The van der Waals surface area contributed by atoms with E-state index in [0.29, 0.717) is 11.5 Å². The Bertz CT molecular complexity index is 395. The van der Waals surface area contributed by atoms with Gasteiger partial charge in [-0.15, -0.1) is 0 Å². The molecule has 0 atom stereocenters. The highest BCUT2D eigenvalue weighted by Gasteiger charge is 2.13. The Kier molecular flexibility index (Phi) is 5.24. The van der Waals surface area contributed by atoms with E-state index in [4.69, 9.17) is 4.74 Å². The molecule has 0 N–H and O–H groups in total. The molecule has 1 aromatic carbocycles. The van der Waals surface area contributed by atoms with Crippen LogP contribution in [0.2, 0.25) is 0 Å². The van der Waals surface area contributed by atoms with E-state index in [1.165, 1.54) is 38.5 Å². The predicted octanol–water partition coefficient (Wildman–Crippen LogP) is 4.61. The second kappa shape index (κ2) is 6.93. The molecule has 0 unspecified atom stereocenters. The summed E-state index contributed by atoms with van der Waals surface area (Å²) in [5.74, 6) is 1.52. The summed E-state index contributed by atoms with van der Waals surface area (Å²) < 4.78 is 6.73. The van der Waals surface area contributed by atoms with Gasteiger partial charge in [-0.2, -0.15) is 0 Å².